The quantitative estimate of drug-likeness (QED) is 0.120. The Morgan fingerprint density at radius 1 is 1.05 bits per heavy atom. The van der Waals surface area contributed by atoms with Crippen molar-refractivity contribution in [2.24, 2.45) is 0 Å². The van der Waals surface area contributed by atoms with E-state index in [4.69, 9.17) is 11.6 Å². The average Bonchev–Trinajstić information content (AvgIpc) is 2.96. The van der Waals surface area contributed by atoms with Crippen molar-refractivity contribution < 1.29 is 29.4 Å². The summed E-state index contributed by atoms with van der Waals surface area (Å²) in [4.78, 5) is 55.4. The molecule has 0 aliphatic heterocycles. The normalized spacial score (nSPS) is 12.3. The van der Waals surface area contributed by atoms with Gasteiger partial charge in [0.05, 0.1) is 10.6 Å². The van der Waals surface area contributed by atoms with Gasteiger partial charge in [0.25, 0.3) is 17.7 Å². The number of nitrogens with one attached hydrogen (secondary N) is 2. The molecular formula is C28H27Br2ClN4O6. The van der Waals surface area contributed by atoms with Gasteiger partial charge in [-0.25, -0.2) is 10.4 Å². The topological polar surface area (TPSA) is 149 Å². The number of halogens is 3. The second-order valence-corrected chi connectivity index (χ2v) is 11.4. The molecule has 2 aromatic carbocycles. The standard InChI is InChI=1S/C28H27Br2ClN4O6/c1-16(28(40)41)34-35(27(39)24-10-6-17(14-32-24)5-8-20(30)13-29)26(38)22-9-7-19(12-23(22)31)25(37)33-15-18-3-2-4-21(36)11-18/h2-4,6-7,9-12,14,16,20,34,36H,5,8,13,15H2,1H3,(H,33,37)(H,40,41)/t16-,20?/m0/s1. The van der Waals surface area contributed by atoms with Gasteiger partial charge < -0.3 is 15.5 Å². The van der Waals surface area contributed by atoms with E-state index in [0.29, 0.717) is 17.0 Å². The van der Waals surface area contributed by atoms with Crippen molar-refractivity contribution in [3.05, 3.63) is 93.8 Å². The SMILES string of the molecule is C[C@H](NN(C(=O)c1ccc(CCC(Br)CBr)cn1)C(=O)c1ccc(C(=O)NCc2cccc(O)c2)cc1Cl)C(=O)O. The molecule has 4 N–H and O–H groups in total. The first-order valence-electron chi connectivity index (χ1n) is 12.4. The Bertz CT molecular complexity index is 1420. The predicted molar refractivity (Wildman–Crippen MR) is 161 cm³/mol. The lowest BCUT2D eigenvalue weighted by atomic mass is 10.1. The maximum absolute atomic E-state index is 13.4. The van der Waals surface area contributed by atoms with Gasteiger partial charge in [0.2, 0.25) is 0 Å². The average molecular weight is 711 g/mol. The van der Waals surface area contributed by atoms with Crippen molar-refractivity contribution in [1.82, 2.24) is 20.7 Å². The number of phenolic OH excluding ortho intramolecular Hbond substituents is 1. The Hall–Kier alpha value is -3.32. The number of hydrazine groups is 1. The van der Waals surface area contributed by atoms with Crippen LogP contribution in [0.2, 0.25) is 5.02 Å². The highest BCUT2D eigenvalue weighted by Crippen LogP contribution is 2.21. The van der Waals surface area contributed by atoms with Gasteiger partial charge in [-0.3, -0.25) is 24.2 Å². The number of alkyl halides is 2. The summed E-state index contributed by atoms with van der Waals surface area (Å²) < 4.78 is 0. The number of carboxylic acid groups (broad SMARTS) is 1. The second kappa shape index (κ2) is 15.1. The fraction of sp³-hybridized carbons (Fsp3) is 0.250. The lowest BCUT2D eigenvalue weighted by Crippen LogP contribution is -2.53. The van der Waals surface area contributed by atoms with Gasteiger partial charge in [-0.15, -0.1) is 0 Å². The van der Waals surface area contributed by atoms with Crippen molar-refractivity contribution in [1.29, 1.82) is 0 Å². The van der Waals surface area contributed by atoms with E-state index >= 15 is 0 Å². The Labute approximate surface area is 258 Å². The molecule has 0 fully saturated rings. The third-order valence-corrected chi connectivity index (χ3v) is 8.63. The minimum atomic E-state index is -1.30. The minimum absolute atomic E-state index is 0.0665. The summed E-state index contributed by atoms with van der Waals surface area (Å²) in [5, 5.41) is 22.9. The number of aromatic hydroxyl groups is 1. The summed E-state index contributed by atoms with van der Waals surface area (Å²) in [6, 6.07) is 12.2. The summed E-state index contributed by atoms with van der Waals surface area (Å²) in [6.45, 7) is 1.41. The highest BCUT2D eigenvalue weighted by atomic mass is 79.9. The van der Waals surface area contributed by atoms with E-state index in [2.05, 4.69) is 47.6 Å². The lowest BCUT2D eigenvalue weighted by molar-refractivity contribution is -0.139. The van der Waals surface area contributed by atoms with E-state index in [1.807, 2.05) is 0 Å². The number of hydrogen-bond donors (Lipinski definition) is 4. The molecular weight excluding hydrogens is 684 g/mol. The van der Waals surface area contributed by atoms with Crippen LogP contribution < -0.4 is 10.7 Å². The van der Waals surface area contributed by atoms with Gasteiger partial charge in [-0.2, -0.15) is 0 Å². The van der Waals surface area contributed by atoms with Crippen LogP contribution >= 0.6 is 43.5 Å². The lowest BCUT2D eigenvalue weighted by Gasteiger charge is -2.24. The van der Waals surface area contributed by atoms with E-state index in [9.17, 15) is 29.4 Å². The number of rotatable bonds is 12. The number of carbonyl (C=O) groups excluding carboxylic acids is 3. The molecule has 216 valence electrons. The van der Waals surface area contributed by atoms with E-state index in [0.717, 1.165) is 17.3 Å². The molecule has 13 heteroatoms. The Morgan fingerprint density at radius 2 is 1.80 bits per heavy atom. The number of aliphatic carboxylic acids is 1. The monoisotopic (exact) mass is 708 g/mol. The predicted octanol–water partition coefficient (Wildman–Crippen LogP) is 4.72. The van der Waals surface area contributed by atoms with Crippen molar-refractivity contribution in [3.63, 3.8) is 0 Å². The number of pyridine rings is 1. The molecule has 0 spiro atoms. The first-order chi connectivity index (χ1) is 19.5. The first-order valence-corrected chi connectivity index (χ1v) is 14.8. The summed E-state index contributed by atoms with van der Waals surface area (Å²) in [5.74, 6) is -3.51. The van der Waals surface area contributed by atoms with Crippen LogP contribution in [0, 0.1) is 0 Å². The molecule has 3 aromatic rings. The van der Waals surface area contributed by atoms with E-state index in [-0.39, 0.29) is 39.0 Å². The van der Waals surface area contributed by atoms with E-state index in [1.165, 1.54) is 49.5 Å². The van der Waals surface area contributed by atoms with Crippen molar-refractivity contribution in [3.8, 4) is 5.75 Å². The molecule has 0 saturated heterocycles. The van der Waals surface area contributed by atoms with Gasteiger partial charge in [0, 0.05) is 28.5 Å². The zero-order valence-electron chi connectivity index (χ0n) is 21.8. The van der Waals surface area contributed by atoms with Crippen LogP contribution in [-0.2, 0) is 17.8 Å². The van der Waals surface area contributed by atoms with Crippen LogP contribution in [0.3, 0.4) is 0 Å². The van der Waals surface area contributed by atoms with E-state index in [1.54, 1.807) is 18.2 Å². The molecule has 1 heterocycles. The first kappa shape index (κ1) is 32.2. The third-order valence-electron chi connectivity index (χ3n) is 5.88. The summed E-state index contributed by atoms with van der Waals surface area (Å²) in [5.41, 5.74) is 3.91. The second-order valence-electron chi connectivity index (χ2n) is 9.02. The summed E-state index contributed by atoms with van der Waals surface area (Å²) >= 11 is 13.3. The third kappa shape index (κ3) is 9.09. The molecule has 1 aromatic heterocycles. The fourth-order valence-corrected chi connectivity index (χ4v) is 4.39. The molecule has 3 rings (SSSR count). The molecule has 0 bridgehead atoms. The van der Waals surface area contributed by atoms with Crippen LogP contribution in [0.4, 0.5) is 0 Å². The number of imide groups is 1. The number of carbonyl (C=O) groups is 4. The molecule has 10 nitrogen and oxygen atoms in total. The van der Waals surface area contributed by atoms with Gasteiger partial charge in [0.15, 0.2) is 0 Å². The number of hydrogen-bond acceptors (Lipinski definition) is 7. The Morgan fingerprint density at radius 3 is 2.41 bits per heavy atom. The largest absolute Gasteiger partial charge is 0.508 e. The van der Waals surface area contributed by atoms with Crippen LogP contribution in [-0.4, -0.2) is 60.1 Å². The molecule has 0 saturated carbocycles. The van der Waals surface area contributed by atoms with Crippen LogP contribution in [0.5, 0.6) is 5.75 Å². The number of nitrogens with zero attached hydrogens (tertiary/aromatic N) is 2. The van der Waals surface area contributed by atoms with Crippen LogP contribution in [0.1, 0.15) is 55.7 Å². The number of aryl methyl sites for hydroxylation is 1. The number of phenols is 1. The smallest absolute Gasteiger partial charge is 0.322 e. The minimum Gasteiger partial charge on any atom is -0.508 e. The number of benzene rings is 2. The Balaban J connectivity index is 1.79. The molecule has 3 amide bonds. The maximum atomic E-state index is 13.4. The van der Waals surface area contributed by atoms with Gasteiger partial charge >= 0.3 is 5.97 Å². The fourth-order valence-electron chi connectivity index (χ4n) is 3.57. The number of carboxylic acids is 1. The maximum Gasteiger partial charge on any atom is 0.322 e. The summed E-state index contributed by atoms with van der Waals surface area (Å²) in [7, 11) is 0. The molecule has 1 unspecified atom stereocenters. The molecule has 41 heavy (non-hydrogen) atoms. The molecule has 0 radical (unpaired) electrons. The highest BCUT2D eigenvalue weighted by Gasteiger charge is 2.30. The summed E-state index contributed by atoms with van der Waals surface area (Å²) in [6.07, 6.45) is 3.08. The van der Waals surface area contributed by atoms with Gasteiger partial charge in [-0.1, -0.05) is 61.7 Å². The zero-order chi connectivity index (χ0) is 30.1. The number of aromatic nitrogens is 1. The van der Waals surface area contributed by atoms with Gasteiger partial charge in [0.1, 0.15) is 17.5 Å². The molecule has 0 aliphatic carbocycles. The van der Waals surface area contributed by atoms with Gasteiger partial charge in [-0.05, 0) is 67.3 Å². The molecule has 0 aliphatic rings. The Kier molecular flexibility index (Phi) is 11.8. The number of amides is 3. The molecule has 2 atom stereocenters. The van der Waals surface area contributed by atoms with Crippen LogP contribution in [0.25, 0.3) is 0 Å². The van der Waals surface area contributed by atoms with Crippen molar-refractivity contribution in [2.75, 3.05) is 5.33 Å². The van der Waals surface area contributed by atoms with E-state index < -0.39 is 29.7 Å². The van der Waals surface area contributed by atoms with Crippen LogP contribution in [0.15, 0.2) is 60.8 Å². The van der Waals surface area contributed by atoms with Crippen molar-refractivity contribution in [2.45, 2.75) is 37.2 Å². The zero-order valence-corrected chi connectivity index (χ0v) is 25.7. The highest BCUT2D eigenvalue weighted by molar-refractivity contribution is 9.12. The van der Waals surface area contributed by atoms with Crippen molar-refractivity contribution >= 4 is 67.2 Å².